The van der Waals surface area contributed by atoms with Gasteiger partial charge in [-0.15, -0.1) is 0 Å². The molecule has 0 saturated carbocycles. The van der Waals surface area contributed by atoms with Gasteiger partial charge in [0.15, 0.2) is 0 Å². The molecule has 4 saturated heterocycles. The Kier molecular flexibility index (Phi) is 3.05. The molecular formula is C17H23N2O2+. The first-order chi connectivity index (χ1) is 10.2. The van der Waals surface area contributed by atoms with E-state index < -0.39 is 0 Å². The van der Waals surface area contributed by atoms with Crippen molar-refractivity contribution in [2.45, 2.75) is 6.42 Å². The Labute approximate surface area is 125 Å². The molecule has 4 heterocycles. The van der Waals surface area contributed by atoms with Crippen LogP contribution in [0.5, 0.6) is 5.75 Å². The number of hydrogen-bond donors (Lipinski definition) is 0. The summed E-state index contributed by atoms with van der Waals surface area (Å²) in [4.78, 5) is 15.2. The number of benzene rings is 1. The van der Waals surface area contributed by atoms with Gasteiger partial charge < -0.3 is 9.22 Å². The first kappa shape index (κ1) is 13.3. The highest BCUT2D eigenvalue weighted by Gasteiger charge is 2.51. The van der Waals surface area contributed by atoms with Gasteiger partial charge in [0.05, 0.1) is 20.2 Å². The smallest absolute Gasteiger partial charge is 0.216 e. The van der Waals surface area contributed by atoms with E-state index in [1.807, 2.05) is 24.3 Å². The van der Waals surface area contributed by atoms with Gasteiger partial charge >= 0.3 is 0 Å². The molecule has 1 aromatic rings. The lowest BCUT2D eigenvalue weighted by Crippen LogP contribution is -2.72. The maximum atomic E-state index is 12.7. The Morgan fingerprint density at radius 3 is 2.48 bits per heavy atom. The van der Waals surface area contributed by atoms with Gasteiger partial charge in [-0.1, -0.05) is 0 Å². The molecule has 5 rings (SSSR count). The monoisotopic (exact) mass is 287 g/mol. The van der Waals surface area contributed by atoms with E-state index in [0.29, 0.717) is 6.54 Å². The van der Waals surface area contributed by atoms with Gasteiger partial charge in [0.25, 0.3) is 0 Å². The number of methoxy groups -OCH3 is 1. The van der Waals surface area contributed by atoms with Crippen molar-refractivity contribution in [3.63, 3.8) is 0 Å². The van der Waals surface area contributed by atoms with Gasteiger partial charge in [0.2, 0.25) is 5.78 Å². The number of carbonyl (C=O) groups excluding carboxylic acids is 1. The summed E-state index contributed by atoms with van der Waals surface area (Å²) >= 11 is 0. The molecule has 4 bridgehead atoms. The van der Waals surface area contributed by atoms with Crippen LogP contribution in [0.15, 0.2) is 24.3 Å². The molecule has 0 aliphatic carbocycles. The van der Waals surface area contributed by atoms with E-state index in [4.69, 9.17) is 4.74 Å². The quantitative estimate of drug-likeness (QED) is 0.622. The molecule has 21 heavy (non-hydrogen) atoms. The van der Waals surface area contributed by atoms with Crippen molar-refractivity contribution in [1.29, 1.82) is 0 Å². The number of hydrogen-bond acceptors (Lipinski definition) is 3. The molecule has 2 unspecified atom stereocenters. The average Bonchev–Trinajstić information content (AvgIpc) is 2.45. The van der Waals surface area contributed by atoms with Crippen molar-refractivity contribution in [3.8, 4) is 5.75 Å². The zero-order chi connectivity index (χ0) is 14.4. The van der Waals surface area contributed by atoms with E-state index in [-0.39, 0.29) is 5.78 Å². The van der Waals surface area contributed by atoms with Crippen LogP contribution in [0.2, 0.25) is 0 Å². The highest BCUT2D eigenvalue weighted by molar-refractivity contribution is 5.97. The molecule has 4 aliphatic heterocycles. The lowest BCUT2D eigenvalue weighted by molar-refractivity contribution is -0.954. The molecule has 1 aromatic carbocycles. The van der Waals surface area contributed by atoms with Gasteiger partial charge in [0, 0.05) is 30.5 Å². The molecular weight excluding hydrogens is 264 g/mol. The van der Waals surface area contributed by atoms with Gasteiger partial charge in [0.1, 0.15) is 19.0 Å². The van der Waals surface area contributed by atoms with Crippen LogP contribution in [-0.2, 0) is 0 Å². The topological polar surface area (TPSA) is 29.5 Å². The SMILES string of the molecule is COc1ccc(C(=O)C[N+]23CC4CC(CN(C4)C2)C3)cc1. The zero-order valence-corrected chi connectivity index (χ0v) is 12.6. The fraction of sp³-hybridized carbons (Fsp3) is 0.588. The minimum absolute atomic E-state index is 0.279. The van der Waals surface area contributed by atoms with E-state index in [0.717, 1.165) is 34.3 Å². The van der Waals surface area contributed by atoms with E-state index in [1.54, 1.807) is 7.11 Å². The highest BCUT2D eigenvalue weighted by Crippen LogP contribution is 2.38. The second-order valence-corrected chi connectivity index (χ2v) is 7.16. The maximum Gasteiger partial charge on any atom is 0.216 e. The second-order valence-electron chi connectivity index (χ2n) is 7.16. The van der Waals surface area contributed by atoms with Crippen LogP contribution < -0.4 is 4.74 Å². The molecule has 112 valence electrons. The lowest BCUT2D eigenvalue weighted by atomic mass is 9.80. The summed E-state index contributed by atoms with van der Waals surface area (Å²) < 4.78 is 6.16. The van der Waals surface area contributed by atoms with Crippen LogP contribution >= 0.6 is 0 Å². The van der Waals surface area contributed by atoms with Crippen molar-refractivity contribution < 1.29 is 14.0 Å². The standard InChI is InChI=1S/C17H23N2O2/c1-21-16-4-2-15(3-5-16)17(20)11-19-9-13-6-14(10-19)8-18(7-13)12-19/h2-5,13-14H,6-12H2,1H3/q+1. The molecule has 0 N–H and O–H groups in total. The molecule has 4 aliphatic rings. The number of rotatable bonds is 4. The second kappa shape index (κ2) is 4.82. The molecule has 0 radical (unpaired) electrons. The van der Waals surface area contributed by atoms with Crippen LogP contribution in [0.25, 0.3) is 0 Å². The third-order valence-corrected chi connectivity index (χ3v) is 5.38. The van der Waals surface area contributed by atoms with Crippen molar-refractivity contribution in [2.75, 3.05) is 46.5 Å². The third-order valence-electron chi connectivity index (χ3n) is 5.38. The normalized spacial score (nSPS) is 36.7. The van der Waals surface area contributed by atoms with Crippen molar-refractivity contribution in [3.05, 3.63) is 29.8 Å². The first-order valence-electron chi connectivity index (χ1n) is 7.90. The molecule has 4 nitrogen and oxygen atoms in total. The molecule has 0 aromatic heterocycles. The number of nitrogens with zero attached hydrogens (tertiary/aromatic N) is 2. The van der Waals surface area contributed by atoms with Gasteiger partial charge in [-0.25, -0.2) is 0 Å². The Morgan fingerprint density at radius 1 is 1.24 bits per heavy atom. The number of quaternary nitrogens is 1. The molecule has 0 spiro atoms. The number of ether oxygens (including phenoxy) is 1. The van der Waals surface area contributed by atoms with Gasteiger partial charge in [-0.2, -0.15) is 0 Å². The summed E-state index contributed by atoms with van der Waals surface area (Å²) in [7, 11) is 1.65. The van der Waals surface area contributed by atoms with Crippen molar-refractivity contribution >= 4 is 5.78 Å². The van der Waals surface area contributed by atoms with Crippen LogP contribution in [0, 0.1) is 11.8 Å². The zero-order valence-electron chi connectivity index (χ0n) is 12.6. The number of ketones is 1. The molecule has 0 amide bonds. The largest absolute Gasteiger partial charge is 0.497 e. The van der Waals surface area contributed by atoms with Crippen LogP contribution in [0.4, 0.5) is 0 Å². The Morgan fingerprint density at radius 2 is 1.90 bits per heavy atom. The van der Waals surface area contributed by atoms with E-state index in [1.165, 1.54) is 32.6 Å². The predicted molar refractivity (Wildman–Crippen MR) is 80.2 cm³/mol. The highest BCUT2D eigenvalue weighted by atomic mass is 16.5. The van der Waals surface area contributed by atoms with Gasteiger partial charge in [-0.3, -0.25) is 9.69 Å². The fourth-order valence-electron chi connectivity index (χ4n) is 4.87. The van der Waals surface area contributed by atoms with Crippen LogP contribution in [0.3, 0.4) is 0 Å². The average molecular weight is 287 g/mol. The van der Waals surface area contributed by atoms with E-state index in [2.05, 4.69) is 4.90 Å². The fourth-order valence-corrected chi connectivity index (χ4v) is 4.87. The summed E-state index contributed by atoms with van der Waals surface area (Å²) in [5.74, 6) is 2.72. The first-order valence-corrected chi connectivity index (χ1v) is 7.90. The molecule has 4 fully saturated rings. The Hall–Kier alpha value is -1.39. The predicted octanol–water partition coefficient (Wildman–Crippen LogP) is 1.62. The number of carbonyl (C=O) groups is 1. The van der Waals surface area contributed by atoms with Crippen LogP contribution in [-0.4, -0.2) is 61.7 Å². The maximum absolute atomic E-state index is 12.7. The summed E-state index contributed by atoms with van der Waals surface area (Å²) in [6, 6.07) is 7.55. The number of Topliss-reactive ketones (excluding diaryl/α,β-unsaturated/α-hetero) is 1. The summed E-state index contributed by atoms with van der Waals surface area (Å²) in [5.41, 5.74) is 0.819. The summed E-state index contributed by atoms with van der Waals surface area (Å²) in [5, 5.41) is 0. The Balaban J connectivity index is 1.51. The molecule has 4 heteroatoms. The van der Waals surface area contributed by atoms with Crippen LogP contribution in [0.1, 0.15) is 16.8 Å². The summed E-state index contributed by atoms with van der Waals surface area (Å²) in [6.45, 7) is 6.66. The van der Waals surface area contributed by atoms with Gasteiger partial charge in [-0.05, 0) is 30.7 Å². The third kappa shape index (κ3) is 2.36. The van der Waals surface area contributed by atoms with Crippen molar-refractivity contribution in [1.82, 2.24) is 4.90 Å². The Bertz CT molecular complexity index is 517. The summed E-state index contributed by atoms with van der Waals surface area (Å²) in [6.07, 6.45) is 1.38. The van der Waals surface area contributed by atoms with E-state index in [9.17, 15) is 4.79 Å². The minimum Gasteiger partial charge on any atom is -0.497 e. The van der Waals surface area contributed by atoms with E-state index >= 15 is 0 Å². The lowest BCUT2D eigenvalue weighted by Gasteiger charge is -2.58. The number of piperidine rings is 2. The molecule has 2 atom stereocenters. The van der Waals surface area contributed by atoms with Crippen molar-refractivity contribution in [2.24, 2.45) is 11.8 Å². The minimum atomic E-state index is 0.279.